The fourth-order valence-corrected chi connectivity index (χ4v) is 3.72. The zero-order chi connectivity index (χ0) is 20.4. The van der Waals surface area contributed by atoms with E-state index < -0.39 is 0 Å². The van der Waals surface area contributed by atoms with Crippen molar-refractivity contribution in [2.24, 2.45) is 0 Å². The molecule has 1 fully saturated rings. The van der Waals surface area contributed by atoms with Crippen molar-refractivity contribution in [3.63, 3.8) is 0 Å². The first-order valence-corrected chi connectivity index (χ1v) is 9.97. The summed E-state index contributed by atoms with van der Waals surface area (Å²) in [6.07, 6.45) is 0. The first-order chi connectivity index (χ1) is 14.0. The van der Waals surface area contributed by atoms with Gasteiger partial charge in [-0.25, -0.2) is 0 Å². The van der Waals surface area contributed by atoms with E-state index in [1.807, 2.05) is 42.5 Å². The summed E-state index contributed by atoms with van der Waals surface area (Å²) in [5, 5.41) is 7.52. The molecule has 1 aliphatic heterocycles. The number of carbonyl (C=O) groups excluding carboxylic acids is 1. The van der Waals surface area contributed by atoms with Crippen molar-refractivity contribution in [2.75, 3.05) is 43.4 Å². The highest BCUT2D eigenvalue weighted by molar-refractivity contribution is 6.33. The molecule has 0 unspecified atom stereocenters. The number of rotatable bonds is 4. The van der Waals surface area contributed by atoms with Crippen LogP contribution in [-0.2, 0) is 0 Å². The van der Waals surface area contributed by atoms with E-state index in [0.29, 0.717) is 27.6 Å². The van der Waals surface area contributed by atoms with E-state index in [0.717, 1.165) is 37.6 Å². The van der Waals surface area contributed by atoms with E-state index in [2.05, 4.69) is 27.3 Å². The number of aromatic nitrogens is 1. The van der Waals surface area contributed by atoms with Gasteiger partial charge in [0.15, 0.2) is 0 Å². The Morgan fingerprint density at radius 1 is 1.07 bits per heavy atom. The van der Waals surface area contributed by atoms with Gasteiger partial charge in [0.1, 0.15) is 17.0 Å². The van der Waals surface area contributed by atoms with Crippen molar-refractivity contribution in [1.82, 2.24) is 10.1 Å². The number of likely N-dealkylation sites (N-methyl/N-ethyl adjacent to an activating group) is 1. The van der Waals surface area contributed by atoms with Crippen LogP contribution in [0.3, 0.4) is 0 Å². The summed E-state index contributed by atoms with van der Waals surface area (Å²) < 4.78 is 5.29. The molecule has 0 saturated carbocycles. The topological polar surface area (TPSA) is 61.6 Å². The van der Waals surface area contributed by atoms with Gasteiger partial charge >= 0.3 is 0 Å². The summed E-state index contributed by atoms with van der Waals surface area (Å²) in [6.45, 7) is 5.83. The third kappa shape index (κ3) is 4.13. The van der Waals surface area contributed by atoms with Gasteiger partial charge in [0, 0.05) is 43.1 Å². The highest BCUT2D eigenvalue weighted by Crippen LogP contribution is 2.31. The molecule has 0 radical (unpaired) electrons. The van der Waals surface area contributed by atoms with Gasteiger partial charge in [-0.1, -0.05) is 35.0 Å². The SMILES string of the molecule is Cc1onc(-c2ccccc2Cl)c1C(=O)Nc1ccc(N2CCN(C)CC2)cc1. The van der Waals surface area contributed by atoms with Gasteiger partial charge in [-0.15, -0.1) is 0 Å². The molecular formula is C22H23ClN4O2. The maximum Gasteiger partial charge on any atom is 0.261 e. The van der Waals surface area contributed by atoms with E-state index in [1.54, 1.807) is 13.0 Å². The molecule has 4 rings (SSSR count). The fourth-order valence-electron chi connectivity index (χ4n) is 3.49. The minimum atomic E-state index is -0.272. The molecule has 7 heteroatoms. The zero-order valence-corrected chi connectivity index (χ0v) is 17.2. The molecule has 2 heterocycles. The van der Waals surface area contributed by atoms with Crippen molar-refractivity contribution in [2.45, 2.75) is 6.92 Å². The van der Waals surface area contributed by atoms with Gasteiger partial charge in [-0.2, -0.15) is 0 Å². The quantitative estimate of drug-likeness (QED) is 0.694. The molecule has 3 aromatic rings. The lowest BCUT2D eigenvalue weighted by molar-refractivity contribution is 0.102. The predicted molar refractivity (Wildman–Crippen MR) is 116 cm³/mol. The Labute approximate surface area is 175 Å². The first kappa shape index (κ1) is 19.5. The second kappa shape index (κ2) is 8.27. The van der Waals surface area contributed by atoms with Gasteiger partial charge in [0.25, 0.3) is 5.91 Å². The van der Waals surface area contributed by atoms with Crippen LogP contribution >= 0.6 is 11.6 Å². The third-order valence-corrected chi connectivity index (χ3v) is 5.54. The Hall–Kier alpha value is -2.83. The maximum atomic E-state index is 13.0. The molecule has 1 aromatic heterocycles. The number of piperazine rings is 1. The smallest absolute Gasteiger partial charge is 0.261 e. The lowest BCUT2D eigenvalue weighted by Gasteiger charge is -2.34. The molecule has 0 atom stereocenters. The average molecular weight is 411 g/mol. The Bertz CT molecular complexity index is 1010. The van der Waals surface area contributed by atoms with Crippen molar-refractivity contribution in [3.05, 3.63) is 64.9 Å². The van der Waals surface area contributed by atoms with Gasteiger partial charge in [0.2, 0.25) is 0 Å². The van der Waals surface area contributed by atoms with Crippen LogP contribution in [0.1, 0.15) is 16.1 Å². The molecule has 150 valence electrons. The number of nitrogens with one attached hydrogen (secondary N) is 1. The fraction of sp³-hybridized carbons (Fsp3) is 0.273. The number of benzene rings is 2. The second-order valence-corrected chi connectivity index (χ2v) is 7.64. The summed E-state index contributed by atoms with van der Waals surface area (Å²) in [5.41, 5.74) is 3.38. The molecule has 29 heavy (non-hydrogen) atoms. The molecule has 1 aliphatic rings. The van der Waals surface area contributed by atoms with E-state index in [-0.39, 0.29) is 5.91 Å². The van der Waals surface area contributed by atoms with Gasteiger partial charge in [-0.05, 0) is 44.3 Å². The normalized spacial score (nSPS) is 14.8. The molecule has 1 saturated heterocycles. The molecule has 1 amide bonds. The molecule has 2 aromatic carbocycles. The van der Waals surface area contributed by atoms with Crippen molar-refractivity contribution in [1.29, 1.82) is 0 Å². The number of hydrogen-bond donors (Lipinski definition) is 1. The number of amides is 1. The highest BCUT2D eigenvalue weighted by atomic mass is 35.5. The number of hydrogen-bond acceptors (Lipinski definition) is 5. The summed E-state index contributed by atoms with van der Waals surface area (Å²) in [6, 6.07) is 15.2. The Morgan fingerprint density at radius 2 is 1.76 bits per heavy atom. The molecule has 1 N–H and O–H groups in total. The summed E-state index contributed by atoms with van der Waals surface area (Å²) in [4.78, 5) is 17.6. The van der Waals surface area contributed by atoms with Crippen LogP contribution < -0.4 is 10.2 Å². The second-order valence-electron chi connectivity index (χ2n) is 7.23. The minimum Gasteiger partial charge on any atom is -0.369 e. The van der Waals surface area contributed by atoms with Crippen LogP contribution in [0.2, 0.25) is 5.02 Å². The van der Waals surface area contributed by atoms with Crippen LogP contribution in [0, 0.1) is 6.92 Å². The van der Waals surface area contributed by atoms with Crippen LogP contribution in [0.4, 0.5) is 11.4 Å². The summed E-state index contributed by atoms with van der Waals surface area (Å²) in [7, 11) is 2.14. The summed E-state index contributed by atoms with van der Waals surface area (Å²) in [5.74, 6) is 0.178. The maximum absolute atomic E-state index is 13.0. The van der Waals surface area contributed by atoms with Crippen molar-refractivity contribution < 1.29 is 9.32 Å². The Morgan fingerprint density at radius 3 is 2.45 bits per heavy atom. The minimum absolute atomic E-state index is 0.272. The molecular weight excluding hydrogens is 388 g/mol. The Kier molecular flexibility index (Phi) is 5.56. The van der Waals surface area contributed by atoms with E-state index in [1.165, 1.54) is 0 Å². The van der Waals surface area contributed by atoms with E-state index >= 15 is 0 Å². The zero-order valence-electron chi connectivity index (χ0n) is 16.5. The van der Waals surface area contributed by atoms with E-state index in [4.69, 9.17) is 16.1 Å². The number of anilines is 2. The Balaban J connectivity index is 1.52. The van der Waals surface area contributed by atoms with Crippen LogP contribution in [0.25, 0.3) is 11.3 Å². The summed E-state index contributed by atoms with van der Waals surface area (Å²) >= 11 is 6.28. The van der Waals surface area contributed by atoms with Crippen molar-refractivity contribution >= 4 is 28.9 Å². The standard InChI is InChI=1S/C22H23ClN4O2/c1-15-20(21(25-29-15)18-5-3-4-6-19(18)23)22(28)24-16-7-9-17(10-8-16)27-13-11-26(2)12-14-27/h3-10H,11-14H2,1-2H3,(H,24,28). The molecule has 0 bridgehead atoms. The molecule has 0 aliphatic carbocycles. The number of aryl methyl sites for hydroxylation is 1. The molecule has 6 nitrogen and oxygen atoms in total. The lowest BCUT2D eigenvalue weighted by Crippen LogP contribution is -2.44. The molecule has 0 spiro atoms. The number of nitrogens with zero attached hydrogens (tertiary/aromatic N) is 3. The van der Waals surface area contributed by atoms with E-state index in [9.17, 15) is 4.79 Å². The van der Waals surface area contributed by atoms with Gasteiger partial charge in [0.05, 0.1) is 5.02 Å². The third-order valence-electron chi connectivity index (χ3n) is 5.21. The first-order valence-electron chi connectivity index (χ1n) is 9.59. The lowest BCUT2D eigenvalue weighted by atomic mass is 10.1. The monoisotopic (exact) mass is 410 g/mol. The van der Waals surface area contributed by atoms with Crippen molar-refractivity contribution in [3.8, 4) is 11.3 Å². The van der Waals surface area contributed by atoms with Crippen LogP contribution in [0.5, 0.6) is 0 Å². The van der Waals surface area contributed by atoms with Crippen LogP contribution in [0.15, 0.2) is 53.1 Å². The predicted octanol–water partition coefficient (Wildman–Crippen LogP) is 4.31. The average Bonchev–Trinajstić information content (AvgIpc) is 3.11. The van der Waals surface area contributed by atoms with Crippen LogP contribution in [-0.4, -0.2) is 49.2 Å². The number of halogens is 1. The van der Waals surface area contributed by atoms with Gasteiger partial charge in [-0.3, -0.25) is 4.79 Å². The number of carbonyl (C=O) groups is 1. The highest BCUT2D eigenvalue weighted by Gasteiger charge is 2.23. The van der Waals surface area contributed by atoms with Gasteiger partial charge < -0.3 is 19.6 Å². The largest absolute Gasteiger partial charge is 0.369 e.